The first kappa shape index (κ1) is 26.3. The number of Topliss-reactive ketones (excluding diaryl/α,β-unsaturated/α-hetero) is 1. The summed E-state index contributed by atoms with van der Waals surface area (Å²) < 4.78 is 4.90. The van der Waals surface area contributed by atoms with Crippen molar-refractivity contribution >= 4 is 11.8 Å². The molecular formula is C25H40O5. The van der Waals surface area contributed by atoms with Gasteiger partial charge in [0.2, 0.25) is 0 Å². The molecule has 5 nitrogen and oxygen atoms in total. The second kappa shape index (κ2) is 14.3. The molecule has 1 aliphatic carbocycles. The van der Waals surface area contributed by atoms with Crippen molar-refractivity contribution < 1.29 is 24.5 Å². The number of rotatable bonds is 15. The van der Waals surface area contributed by atoms with Crippen molar-refractivity contribution in [1.82, 2.24) is 0 Å². The molecule has 0 aromatic heterocycles. The molecule has 0 aromatic rings. The minimum Gasteiger partial charge on any atom is -0.466 e. The van der Waals surface area contributed by atoms with Crippen LogP contribution in [0.4, 0.5) is 0 Å². The third-order valence-corrected chi connectivity index (χ3v) is 5.77. The van der Waals surface area contributed by atoms with Gasteiger partial charge in [0.1, 0.15) is 5.78 Å². The molecule has 0 radical (unpaired) electrons. The van der Waals surface area contributed by atoms with E-state index in [1.807, 2.05) is 24.3 Å². The number of carbonyl (C=O) groups is 2. The van der Waals surface area contributed by atoms with Crippen LogP contribution in [0.15, 0.2) is 37.0 Å². The number of unbranched alkanes of at least 4 members (excludes halogenated alkanes) is 3. The Kier molecular flexibility index (Phi) is 12.6. The van der Waals surface area contributed by atoms with E-state index < -0.39 is 11.7 Å². The highest BCUT2D eigenvalue weighted by Gasteiger charge is 2.39. The smallest absolute Gasteiger partial charge is 0.305 e. The van der Waals surface area contributed by atoms with E-state index in [2.05, 4.69) is 13.5 Å². The Labute approximate surface area is 181 Å². The number of aliphatic hydroxyl groups excluding tert-OH is 1. The molecule has 4 atom stereocenters. The van der Waals surface area contributed by atoms with Crippen LogP contribution in [0.5, 0.6) is 0 Å². The summed E-state index contributed by atoms with van der Waals surface area (Å²) in [6.07, 6.45) is 15.5. The monoisotopic (exact) mass is 420 g/mol. The van der Waals surface area contributed by atoms with Gasteiger partial charge in [0.25, 0.3) is 0 Å². The molecule has 1 saturated carbocycles. The average molecular weight is 421 g/mol. The van der Waals surface area contributed by atoms with Crippen LogP contribution in [0.2, 0.25) is 0 Å². The third kappa shape index (κ3) is 9.40. The lowest BCUT2D eigenvalue weighted by atomic mass is 9.88. The van der Waals surface area contributed by atoms with Gasteiger partial charge >= 0.3 is 5.97 Å². The molecule has 1 rings (SSSR count). The van der Waals surface area contributed by atoms with Crippen LogP contribution in [0.3, 0.4) is 0 Å². The molecule has 0 bridgehead atoms. The molecule has 0 amide bonds. The lowest BCUT2D eigenvalue weighted by molar-refractivity contribution is -0.143. The minimum atomic E-state index is -0.937. The number of hydrogen-bond acceptors (Lipinski definition) is 5. The van der Waals surface area contributed by atoms with Crippen LogP contribution >= 0.6 is 0 Å². The summed E-state index contributed by atoms with van der Waals surface area (Å²) in [6, 6.07) is 0. The zero-order valence-electron chi connectivity index (χ0n) is 18.7. The largest absolute Gasteiger partial charge is 0.466 e. The quantitative estimate of drug-likeness (QED) is 0.228. The number of allylic oxidation sites excluding steroid dienone is 2. The third-order valence-electron chi connectivity index (χ3n) is 5.77. The molecule has 170 valence electrons. The standard InChI is InChI=1S/C25H40O5/c1-4-7-12-17-25(29,5-2)18-13-15-21-20(22(26)19-23(21)27)14-10-8-9-11-16-24(28)30-6-3/h5,8,10,13,15,20-21,23,27,29H,2,4,6-7,9,11-12,14,16-19H2,1,3H3/b10-8-,15-13+/t20-,21-,23-,25?/m1/s1. The summed E-state index contributed by atoms with van der Waals surface area (Å²) in [5.74, 6) is -0.574. The predicted octanol–water partition coefficient (Wildman–Crippen LogP) is 4.68. The minimum absolute atomic E-state index is 0.0789. The van der Waals surface area contributed by atoms with Gasteiger partial charge in [-0.1, -0.05) is 56.6 Å². The maximum Gasteiger partial charge on any atom is 0.305 e. The number of ether oxygens (including phenoxy) is 1. The van der Waals surface area contributed by atoms with Gasteiger partial charge in [-0.2, -0.15) is 0 Å². The fourth-order valence-electron chi connectivity index (χ4n) is 3.88. The second-order valence-electron chi connectivity index (χ2n) is 8.22. The lowest BCUT2D eigenvalue weighted by Gasteiger charge is -2.23. The molecule has 0 aliphatic heterocycles. The van der Waals surface area contributed by atoms with Gasteiger partial charge < -0.3 is 14.9 Å². The SMILES string of the molecule is C=CC(O)(C/C=C/[C@H]1[C@H](O)CC(=O)[C@@H]1C/C=C\CCCC(=O)OCC)CCCCC. The maximum absolute atomic E-state index is 12.3. The van der Waals surface area contributed by atoms with E-state index in [4.69, 9.17) is 4.74 Å². The Bertz CT molecular complexity index is 594. The van der Waals surface area contributed by atoms with E-state index in [-0.39, 0.29) is 30.0 Å². The summed E-state index contributed by atoms with van der Waals surface area (Å²) in [4.78, 5) is 23.6. The summed E-state index contributed by atoms with van der Waals surface area (Å²) in [5, 5.41) is 21.0. The van der Waals surface area contributed by atoms with E-state index in [0.29, 0.717) is 32.3 Å². The molecule has 0 aromatic carbocycles. The molecule has 0 heterocycles. The van der Waals surface area contributed by atoms with Crippen LogP contribution in [-0.2, 0) is 14.3 Å². The number of ketones is 1. The van der Waals surface area contributed by atoms with E-state index in [1.165, 1.54) is 0 Å². The van der Waals surface area contributed by atoms with Gasteiger partial charge in [-0.3, -0.25) is 9.59 Å². The van der Waals surface area contributed by atoms with Crippen LogP contribution in [0.25, 0.3) is 0 Å². The fourth-order valence-corrected chi connectivity index (χ4v) is 3.88. The van der Waals surface area contributed by atoms with Gasteiger partial charge in [-0.05, 0) is 39.0 Å². The zero-order valence-corrected chi connectivity index (χ0v) is 18.7. The van der Waals surface area contributed by atoms with E-state index in [9.17, 15) is 19.8 Å². The first-order chi connectivity index (χ1) is 14.4. The van der Waals surface area contributed by atoms with Crippen molar-refractivity contribution in [2.75, 3.05) is 6.61 Å². The highest BCUT2D eigenvalue weighted by atomic mass is 16.5. The van der Waals surface area contributed by atoms with Gasteiger partial charge in [0, 0.05) is 24.7 Å². The van der Waals surface area contributed by atoms with Gasteiger partial charge in [-0.25, -0.2) is 0 Å². The van der Waals surface area contributed by atoms with Crippen LogP contribution in [-0.4, -0.2) is 40.3 Å². The summed E-state index contributed by atoms with van der Waals surface area (Å²) in [7, 11) is 0. The zero-order chi connectivity index (χ0) is 22.4. The second-order valence-corrected chi connectivity index (χ2v) is 8.22. The van der Waals surface area contributed by atoms with E-state index in [1.54, 1.807) is 13.0 Å². The first-order valence-electron chi connectivity index (χ1n) is 11.4. The highest BCUT2D eigenvalue weighted by Crippen LogP contribution is 2.34. The van der Waals surface area contributed by atoms with Crippen molar-refractivity contribution in [2.45, 2.75) is 89.8 Å². The molecule has 0 spiro atoms. The maximum atomic E-state index is 12.3. The normalized spacial score (nSPS) is 23.9. The summed E-state index contributed by atoms with van der Waals surface area (Å²) >= 11 is 0. The molecule has 0 saturated heterocycles. The molecule has 5 heteroatoms. The molecule has 2 N–H and O–H groups in total. The summed E-state index contributed by atoms with van der Waals surface area (Å²) in [5.41, 5.74) is -0.937. The topological polar surface area (TPSA) is 83.8 Å². The predicted molar refractivity (Wildman–Crippen MR) is 120 cm³/mol. The molecule has 1 fully saturated rings. The summed E-state index contributed by atoms with van der Waals surface area (Å²) in [6.45, 7) is 8.08. The van der Waals surface area contributed by atoms with Crippen molar-refractivity contribution in [3.63, 3.8) is 0 Å². The molecular weight excluding hydrogens is 380 g/mol. The van der Waals surface area contributed by atoms with Crippen LogP contribution < -0.4 is 0 Å². The molecule has 1 unspecified atom stereocenters. The number of aliphatic hydroxyl groups is 2. The van der Waals surface area contributed by atoms with Crippen molar-refractivity contribution in [3.8, 4) is 0 Å². The number of esters is 1. The first-order valence-corrected chi connectivity index (χ1v) is 11.4. The Morgan fingerprint density at radius 3 is 2.67 bits per heavy atom. The molecule has 1 aliphatic rings. The van der Waals surface area contributed by atoms with Crippen LogP contribution in [0.1, 0.15) is 78.1 Å². The van der Waals surface area contributed by atoms with Crippen molar-refractivity contribution in [1.29, 1.82) is 0 Å². The van der Waals surface area contributed by atoms with Crippen LogP contribution in [0, 0.1) is 11.8 Å². The Morgan fingerprint density at radius 2 is 2.00 bits per heavy atom. The fraction of sp³-hybridized carbons (Fsp3) is 0.680. The highest BCUT2D eigenvalue weighted by molar-refractivity contribution is 5.84. The Hall–Kier alpha value is -1.72. The van der Waals surface area contributed by atoms with Crippen molar-refractivity contribution in [2.24, 2.45) is 11.8 Å². The number of hydrogen-bond donors (Lipinski definition) is 2. The van der Waals surface area contributed by atoms with E-state index >= 15 is 0 Å². The van der Waals surface area contributed by atoms with Gasteiger partial charge in [-0.15, -0.1) is 6.58 Å². The molecule has 30 heavy (non-hydrogen) atoms. The average Bonchev–Trinajstić information content (AvgIpc) is 2.98. The van der Waals surface area contributed by atoms with E-state index in [0.717, 1.165) is 32.1 Å². The van der Waals surface area contributed by atoms with Gasteiger partial charge in [0.15, 0.2) is 0 Å². The Balaban J connectivity index is 2.53. The number of carbonyl (C=O) groups excluding carboxylic acids is 2. The van der Waals surface area contributed by atoms with Crippen molar-refractivity contribution in [3.05, 3.63) is 37.0 Å². The lowest BCUT2D eigenvalue weighted by Crippen LogP contribution is -2.25. The Morgan fingerprint density at radius 1 is 1.23 bits per heavy atom. The van der Waals surface area contributed by atoms with Gasteiger partial charge in [0.05, 0.1) is 18.3 Å².